The number of guanidine groups is 2. The van der Waals surface area contributed by atoms with Gasteiger partial charge in [-0.05, 0) is 44.1 Å². The average Bonchev–Trinajstić information content (AvgIpc) is 2.69. The van der Waals surface area contributed by atoms with Crippen LogP contribution < -0.4 is 39.3 Å². The second-order valence-electron chi connectivity index (χ2n) is 6.75. The molecule has 0 aliphatic heterocycles. The van der Waals surface area contributed by atoms with E-state index in [2.05, 4.69) is 20.6 Å². The highest BCUT2D eigenvalue weighted by molar-refractivity contribution is 7.98. The minimum absolute atomic E-state index is 0.0434. The first kappa shape index (κ1) is 28.3. The number of nitrogens with two attached hydrogens (primary N) is 5. The molecule has 2 amide bonds. The van der Waals surface area contributed by atoms with Crippen LogP contribution in [0.25, 0.3) is 0 Å². The predicted octanol–water partition coefficient (Wildman–Crippen LogP) is -2.77. The number of nitrogens with one attached hydrogen (secondary N) is 2. The summed E-state index contributed by atoms with van der Waals surface area (Å²) < 4.78 is 0. The van der Waals surface area contributed by atoms with Gasteiger partial charge in [-0.1, -0.05) is 0 Å². The molecular weight excluding hydrogens is 426 g/mol. The van der Waals surface area contributed by atoms with Crippen molar-refractivity contribution in [2.75, 3.05) is 25.1 Å². The maximum atomic E-state index is 12.6. The van der Waals surface area contributed by atoms with Crippen molar-refractivity contribution in [3.8, 4) is 0 Å². The van der Waals surface area contributed by atoms with E-state index in [4.69, 9.17) is 28.7 Å². The van der Waals surface area contributed by atoms with Gasteiger partial charge in [0, 0.05) is 13.1 Å². The molecule has 31 heavy (non-hydrogen) atoms. The van der Waals surface area contributed by atoms with Gasteiger partial charge >= 0.3 is 5.97 Å². The molecule has 0 aromatic heterocycles. The van der Waals surface area contributed by atoms with Crippen LogP contribution in [0.4, 0.5) is 0 Å². The molecule has 0 saturated heterocycles. The molecule has 0 spiro atoms. The van der Waals surface area contributed by atoms with E-state index in [0.29, 0.717) is 38.0 Å². The molecule has 0 heterocycles. The quantitative estimate of drug-likeness (QED) is 0.0666. The third-order valence-electron chi connectivity index (χ3n) is 4.11. The van der Waals surface area contributed by atoms with Gasteiger partial charge in [0.1, 0.15) is 12.1 Å². The van der Waals surface area contributed by atoms with Gasteiger partial charge in [0.15, 0.2) is 11.9 Å². The predicted molar refractivity (Wildman–Crippen MR) is 122 cm³/mol. The van der Waals surface area contributed by atoms with E-state index in [1.54, 1.807) is 0 Å². The number of thioether (sulfide) groups is 1. The lowest BCUT2D eigenvalue weighted by Gasteiger charge is -2.22. The van der Waals surface area contributed by atoms with Crippen LogP contribution in [0.15, 0.2) is 9.98 Å². The summed E-state index contributed by atoms with van der Waals surface area (Å²) in [7, 11) is 0. The van der Waals surface area contributed by atoms with Crippen LogP contribution in [0.3, 0.4) is 0 Å². The molecule has 0 saturated carbocycles. The number of aliphatic carboxylic acids is 1. The summed E-state index contributed by atoms with van der Waals surface area (Å²) >= 11 is 1.49. The summed E-state index contributed by atoms with van der Waals surface area (Å²) in [6.07, 6.45) is 3.48. The molecule has 0 aliphatic carbocycles. The number of nitrogens with zero attached hydrogens (tertiary/aromatic N) is 2. The summed E-state index contributed by atoms with van der Waals surface area (Å²) in [5.41, 5.74) is 26.8. The van der Waals surface area contributed by atoms with Gasteiger partial charge in [-0.3, -0.25) is 19.6 Å². The van der Waals surface area contributed by atoms with Crippen molar-refractivity contribution in [3.05, 3.63) is 0 Å². The Balaban J connectivity index is 4.87. The molecular formula is C17H35N9O4S. The van der Waals surface area contributed by atoms with Gasteiger partial charge in [0.2, 0.25) is 11.8 Å². The summed E-state index contributed by atoms with van der Waals surface area (Å²) in [6.45, 7) is 0.573. The summed E-state index contributed by atoms with van der Waals surface area (Å²) in [5.74, 6) is -1.84. The molecule has 0 radical (unpaired) electrons. The van der Waals surface area contributed by atoms with Crippen LogP contribution in [0.1, 0.15) is 32.1 Å². The standard InChI is InChI=1S/C17H35N9O4S/c1-31-9-6-11(25-13(27)10(18)4-2-7-23-16(19)20)14(28)26-12(15(29)30)5-3-8-24-17(21)22/h10-12H,2-9,18H2,1H3,(H,25,27)(H,26,28)(H,29,30)(H4,19,20,23)(H4,21,22,24)/t10-,11-,12-/m0/s1. The molecule has 0 unspecified atom stereocenters. The van der Waals surface area contributed by atoms with Gasteiger partial charge in [0.25, 0.3) is 0 Å². The highest BCUT2D eigenvalue weighted by Crippen LogP contribution is 2.05. The number of carbonyl (C=O) groups excluding carboxylic acids is 2. The Morgan fingerprint density at radius 1 is 0.871 bits per heavy atom. The van der Waals surface area contributed by atoms with Crippen LogP contribution in [-0.2, 0) is 14.4 Å². The summed E-state index contributed by atoms with van der Waals surface area (Å²) in [6, 6.07) is -2.90. The molecule has 3 atom stereocenters. The second kappa shape index (κ2) is 16.0. The van der Waals surface area contributed by atoms with E-state index in [1.807, 2.05) is 6.26 Å². The number of carboxylic acids is 1. The Kier molecular flexibility index (Phi) is 14.6. The van der Waals surface area contributed by atoms with Gasteiger partial charge in [-0.2, -0.15) is 11.8 Å². The lowest BCUT2D eigenvalue weighted by atomic mass is 10.1. The van der Waals surface area contributed by atoms with Crippen molar-refractivity contribution < 1.29 is 19.5 Å². The van der Waals surface area contributed by atoms with Crippen LogP contribution in [0, 0.1) is 0 Å². The molecule has 14 heteroatoms. The Hall–Kier alpha value is -2.74. The first-order valence-corrected chi connectivity index (χ1v) is 11.2. The highest BCUT2D eigenvalue weighted by Gasteiger charge is 2.27. The first-order valence-electron chi connectivity index (χ1n) is 9.77. The number of rotatable bonds is 16. The first-order chi connectivity index (χ1) is 14.6. The van der Waals surface area contributed by atoms with Gasteiger partial charge in [-0.25, -0.2) is 4.79 Å². The van der Waals surface area contributed by atoms with E-state index in [1.165, 1.54) is 11.8 Å². The zero-order valence-corrected chi connectivity index (χ0v) is 18.6. The van der Waals surface area contributed by atoms with Crippen molar-refractivity contribution in [1.29, 1.82) is 0 Å². The molecule has 178 valence electrons. The van der Waals surface area contributed by atoms with Gasteiger partial charge < -0.3 is 44.4 Å². The SMILES string of the molecule is CSCC[C@H](NC(=O)[C@@H](N)CCCN=C(N)N)C(=O)N[C@@H](CCCN=C(N)N)C(=O)O. The fraction of sp³-hybridized carbons (Fsp3) is 0.706. The van der Waals surface area contributed by atoms with Gasteiger partial charge in [0.05, 0.1) is 6.04 Å². The van der Waals surface area contributed by atoms with Crippen molar-refractivity contribution in [1.82, 2.24) is 10.6 Å². The zero-order chi connectivity index (χ0) is 23.8. The average molecular weight is 462 g/mol. The smallest absolute Gasteiger partial charge is 0.326 e. The third-order valence-corrected chi connectivity index (χ3v) is 4.75. The zero-order valence-electron chi connectivity index (χ0n) is 17.8. The fourth-order valence-corrected chi connectivity index (χ4v) is 2.94. The molecule has 13 N–H and O–H groups in total. The summed E-state index contributed by atoms with van der Waals surface area (Å²) in [4.78, 5) is 44.1. The second-order valence-corrected chi connectivity index (χ2v) is 7.73. The van der Waals surface area contributed by atoms with Crippen molar-refractivity contribution in [3.63, 3.8) is 0 Å². The Morgan fingerprint density at radius 3 is 1.87 bits per heavy atom. The Labute approximate surface area is 186 Å². The third kappa shape index (κ3) is 14.0. The number of hydrogen-bond acceptors (Lipinski definition) is 7. The summed E-state index contributed by atoms with van der Waals surface area (Å²) in [5, 5.41) is 14.4. The molecule has 0 rings (SSSR count). The molecule has 0 aliphatic rings. The fourth-order valence-electron chi connectivity index (χ4n) is 2.47. The van der Waals surface area contributed by atoms with Crippen LogP contribution in [0.5, 0.6) is 0 Å². The largest absolute Gasteiger partial charge is 0.480 e. The molecule has 13 nitrogen and oxygen atoms in total. The Bertz CT molecular complexity index is 637. The normalized spacial score (nSPS) is 13.4. The number of hydrogen-bond donors (Lipinski definition) is 8. The van der Waals surface area contributed by atoms with E-state index >= 15 is 0 Å². The minimum atomic E-state index is -1.19. The minimum Gasteiger partial charge on any atom is -0.480 e. The molecule has 0 aromatic rings. The topological polar surface area (TPSA) is 250 Å². The maximum absolute atomic E-state index is 12.6. The highest BCUT2D eigenvalue weighted by atomic mass is 32.2. The van der Waals surface area contributed by atoms with Crippen LogP contribution in [0.2, 0.25) is 0 Å². The molecule has 0 bridgehead atoms. The lowest BCUT2D eigenvalue weighted by molar-refractivity contribution is -0.142. The lowest BCUT2D eigenvalue weighted by Crippen LogP contribution is -2.54. The van der Waals surface area contributed by atoms with Crippen molar-refractivity contribution in [2.45, 2.75) is 50.2 Å². The number of amides is 2. The van der Waals surface area contributed by atoms with Gasteiger partial charge in [-0.15, -0.1) is 0 Å². The number of carboxylic acid groups (broad SMARTS) is 1. The van der Waals surface area contributed by atoms with Crippen LogP contribution >= 0.6 is 11.8 Å². The van der Waals surface area contributed by atoms with Crippen LogP contribution in [-0.4, -0.2) is 78.0 Å². The Morgan fingerprint density at radius 2 is 1.39 bits per heavy atom. The number of carbonyl (C=O) groups is 3. The van der Waals surface area contributed by atoms with E-state index in [0.717, 1.165) is 0 Å². The molecule has 0 fully saturated rings. The monoisotopic (exact) mass is 461 g/mol. The number of aliphatic imine (C=N–C) groups is 2. The van der Waals surface area contributed by atoms with Crippen molar-refractivity contribution in [2.24, 2.45) is 38.7 Å². The van der Waals surface area contributed by atoms with E-state index in [9.17, 15) is 19.5 Å². The maximum Gasteiger partial charge on any atom is 0.326 e. The van der Waals surface area contributed by atoms with Crippen molar-refractivity contribution >= 4 is 41.5 Å². The van der Waals surface area contributed by atoms with E-state index in [-0.39, 0.29) is 24.9 Å². The molecule has 0 aromatic carbocycles. The van der Waals surface area contributed by atoms with E-state index < -0.39 is 35.9 Å².